The lowest BCUT2D eigenvalue weighted by Crippen LogP contribution is -2.46. The van der Waals surface area contributed by atoms with Crippen LogP contribution in [-0.2, 0) is 4.79 Å². The van der Waals surface area contributed by atoms with Crippen LogP contribution in [0.3, 0.4) is 0 Å². The zero-order valence-electron chi connectivity index (χ0n) is 13.1. The Labute approximate surface area is 131 Å². The van der Waals surface area contributed by atoms with Crippen molar-refractivity contribution in [2.24, 2.45) is 0 Å². The molecule has 2 atom stereocenters. The average molecular weight is 303 g/mol. The van der Waals surface area contributed by atoms with Crippen molar-refractivity contribution < 1.29 is 9.59 Å². The average Bonchev–Trinajstić information content (AvgIpc) is 2.52. The van der Waals surface area contributed by atoms with E-state index in [-0.39, 0.29) is 17.9 Å². The zero-order valence-corrected chi connectivity index (χ0v) is 13.1. The normalized spacial score (nSPS) is 21.1. The molecule has 1 aliphatic rings. The van der Waals surface area contributed by atoms with Gasteiger partial charge in [0.05, 0.1) is 0 Å². The first-order valence-corrected chi connectivity index (χ1v) is 8.01. The zero-order chi connectivity index (χ0) is 15.8. The van der Waals surface area contributed by atoms with E-state index in [1.54, 1.807) is 12.1 Å². The molecule has 120 valence electrons. The van der Waals surface area contributed by atoms with Gasteiger partial charge in [-0.2, -0.15) is 0 Å². The maximum atomic E-state index is 11.9. The summed E-state index contributed by atoms with van der Waals surface area (Å²) in [5.41, 5.74) is 0.649. The lowest BCUT2D eigenvalue weighted by molar-refractivity contribution is -0.122. The van der Waals surface area contributed by atoms with E-state index >= 15 is 0 Å². The van der Waals surface area contributed by atoms with Crippen LogP contribution in [0.2, 0.25) is 0 Å². The minimum Gasteiger partial charge on any atom is -0.353 e. The van der Waals surface area contributed by atoms with Gasteiger partial charge >= 0.3 is 0 Å². The Balaban J connectivity index is 1.60. The van der Waals surface area contributed by atoms with Gasteiger partial charge in [0.25, 0.3) is 5.91 Å². The molecular formula is C17H25N3O2. The van der Waals surface area contributed by atoms with Gasteiger partial charge in [0.2, 0.25) is 5.91 Å². The number of piperidine rings is 1. The van der Waals surface area contributed by atoms with Crippen LogP contribution in [-0.4, -0.2) is 37.0 Å². The Bertz CT molecular complexity index is 490. The van der Waals surface area contributed by atoms with Gasteiger partial charge in [-0.3, -0.25) is 9.59 Å². The highest BCUT2D eigenvalue weighted by atomic mass is 16.2. The minimum atomic E-state index is -0.0896. The molecule has 1 aromatic carbocycles. The molecule has 22 heavy (non-hydrogen) atoms. The van der Waals surface area contributed by atoms with Gasteiger partial charge in [0, 0.05) is 30.6 Å². The van der Waals surface area contributed by atoms with Crippen molar-refractivity contribution in [3.63, 3.8) is 0 Å². The molecule has 2 rings (SSSR count). The monoisotopic (exact) mass is 303 g/mol. The van der Waals surface area contributed by atoms with Gasteiger partial charge in [-0.25, -0.2) is 0 Å². The van der Waals surface area contributed by atoms with Crippen molar-refractivity contribution in [1.82, 2.24) is 16.0 Å². The minimum absolute atomic E-state index is 0.0769. The SMILES string of the molecule is CC1CC(NC(=O)CCCNC(=O)c2ccccc2)CCN1. The van der Waals surface area contributed by atoms with Gasteiger partial charge < -0.3 is 16.0 Å². The molecule has 1 heterocycles. The van der Waals surface area contributed by atoms with E-state index in [4.69, 9.17) is 0 Å². The van der Waals surface area contributed by atoms with Crippen molar-refractivity contribution in [3.8, 4) is 0 Å². The number of rotatable bonds is 6. The van der Waals surface area contributed by atoms with Crippen molar-refractivity contribution in [3.05, 3.63) is 35.9 Å². The summed E-state index contributed by atoms with van der Waals surface area (Å²) < 4.78 is 0. The summed E-state index contributed by atoms with van der Waals surface area (Å²) in [7, 11) is 0. The largest absolute Gasteiger partial charge is 0.353 e. The van der Waals surface area contributed by atoms with Gasteiger partial charge in [0.1, 0.15) is 0 Å². The van der Waals surface area contributed by atoms with Crippen LogP contribution in [0.15, 0.2) is 30.3 Å². The molecule has 0 spiro atoms. The van der Waals surface area contributed by atoms with Crippen molar-refractivity contribution in [2.75, 3.05) is 13.1 Å². The van der Waals surface area contributed by atoms with E-state index in [0.717, 1.165) is 19.4 Å². The molecule has 1 fully saturated rings. The Morgan fingerprint density at radius 2 is 2.05 bits per heavy atom. The number of hydrogen-bond donors (Lipinski definition) is 3. The van der Waals surface area contributed by atoms with E-state index in [2.05, 4.69) is 22.9 Å². The topological polar surface area (TPSA) is 70.2 Å². The predicted octanol–water partition coefficient (Wildman–Crippen LogP) is 1.45. The third kappa shape index (κ3) is 5.48. The second-order valence-corrected chi connectivity index (χ2v) is 5.87. The molecule has 1 aliphatic heterocycles. The Hall–Kier alpha value is -1.88. The molecule has 0 saturated carbocycles. The Kier molecular flexibility index (Phi) is 6.40. The van der Waals surface area contributed by atoms with E-state index < -0.39 is 0 Å². The lowest BCUT2D eigenvalue weighted by atomic mass is 10.0. The van der Waals surface area contributed by atoms with E-state index in [1.165, 1.54) is 0 Å². The molecular weight excluding hydrogens is 278 g/mol. The van der Waals surface area contributed by atoms with Crippen LogP contribution in [0.25, 0.3) is 0 Å². The lowest BCUT2D eigenvalue weighted by Gasteiger charge is -2.28. The third-order valence-electron chi connectivity index (χ3n) is 3.89. The maximum absolute atomic E-state index is 11.9. The number of benzene rings is 1. The Morgan fingerprint density at radius 3 is 2.77 bits per heavy atom. The summed E-state index contributed by atoms with van der Waals surface area (Å²) in [5.74, 6) is -0.0127. The summed E-state index contributed by atoms with van der Waals surface area (Å²) in [5, 5.41) is 9.28. The smallest absolute Gasteiger partial charge is 0.251 e. The van der Waals surface area contributed by atoms with Crippen LogP contribution >= 0.6 is 0 Å². The van der Waals surface area contributed by atoms with E-state index in [9.17, 15) is 9.59 Å². The Morgan fingerprint density at radius 1 is 1.27 bits per heavy atom. The molecule has 3 N–H and O–H groups in total. The van der Waals surface area contributed by atoms with Crippen molar-refractivity contribution >= 4 is 11.8 Å². The summed E-state index contributed by atoms with van der Waals surface area (Å²) in [6.45, 7) is 3.61. The summed E-state index contributed by atoms with van der Waals surface area (Å²) in [6.07, 6.45) is 3.08. The van der Waals surface area contributed by atoms with Gasteiger partial charge in [-0.05, 0) is 44.9 Å². The quantitative estimate of drug-likeness (QED) is 0.697. The molecule has 2 unspecified atom stereocenters. The molecule has 1 aromatic rings. The second kappa shape index (κ2) is 8.54. The molecule has 0 aliphatic carbocycles. The molecule has 0 bridgehead atoms. The number of hydrogen-bond acceptors (Lipinski definition) is 3. The second-order valence-electron chi connectivity index (χ2n) is 5.87. The first-order chi connectivity index (χ1) is 10.6. The number of carbonyl (C=O) groups excluding carboxylic acids is 2. The summed E-state index contributed by atoms with van der Waals surface area (Å²) >= 11 is 0. The fourth-order valence-electron chi connectivity index (χ4n) is 2.71. The molecule has 1 saturated heterocycles. The van der Waals surface area contributed by atoms with Crippen LogP contribution in [0.1, 0.15) is 43.0 Å². The molecule has 2 amide bonds. The van der Waals surface area contributed by atoms with Gasteiger partial charge in [-0.1, -0.05) is 18.2 Å². The van der Waals surface area contributed by atoms with Crippen LogP contribution in [0.4, 0.5) is 0 Å². The highest BCUT2D eigenvalue weighted by molar-refractivity contribution is 5.94. The maximum Gasteiger partial charge on any atom is 0.251 e. The van der Waals surface area contributed by atoms with E-state index in [0.29, 0.717) is 31.0 Å². The number of nitrogens with one attached hydrogen (secondary N) is 3. The van der Waals surface area contributed by atoms with Crippen LogP contribution < -0.4 is 16.0 Å². The molecule has 0 radical (unpaired) electrons. The van der Waals surface area contributed by atoms with Gasteiger partial charge in [0.15, 0.2) is 0 Å². The highest BCUT2D eigenvalue weighted by Crippen LogP contribution is 2.08. The third-order valence-corrected chi connectivity index (χ3v) is 3.89. The first kappa shape index (κ1) is 16.5. The van der Waals surface area contributed by atoms with Gasteiger partial charge in [-0.15, -0.1) is 0 Å². The highest BCUT2D eigenvalue weighted by Gasteiger charge is 2.19. The van der Waals surface area contributed by atoms with Crippen LogP contribution in [0, 0.1) is 0 Å². The molecule has 0 aromatic heterocycles. The first-order valence-electron chi connectivity index (χ1n) is 8.01. The standard InChI is InChI=1S/C17H25N3O2/c1-13-12-15(9-11-18-13)20-16(21)8-5-10-19-17(22)14-6-3-2-4-7-14/h2-4,6-7,13,15,18H,5,8-12H2,1H3,(H,19,22)(H,20,21). The summed E-state index contributed by atoms with van der Waals surface area (Å²) in [6, 6.07) is 9.85. The van der Waals surface area contributed by atoms with Crippen LogP contribution in [0.5, 0.6) is 0 Å². The predicted molar refractivity (Wildman–Crippen MR) is 86.6 cm³/mol. The van der Waals surface area contributed by atoms with Crippen molar-refractivity contribution in [2.45, 2.75) is 44.7 Å². The fraction of sp³-hybridized carbons (Fsp3) is 0.529. The number of carbonyl (C=O) groups is 2. The molecule has 5 heteroatoms. The van der Waals surface area contributed by atoms with E-state index in [1.807, 2.05) is 18.2 Å². The number of amides is 2. The van der Waals surface area contributed by atoms with Crippen molar-refractivity contribution in [1.29, 1.82) is 0 Å². The molecule has 5 nitrogen and oxygen atoms in total. The fourth-order valence-corrected chi connectivity index (χ4v) is 2.71. The summed E-state index contributed by atoms with van der Waals surface area (Å²) in [4.78, 5) is 23.7.